The SMILES string of the molecule is O=C1N2CC(N3C=CC=CC3)=CC(C2)N1O. The second-order valence-corrected chi connectivity index (χ2v) is 4.16. The Labute approximate surface area is 93.5 Å². The lowest BCUT2D eigenvalue weighted by molar-refractivity contribution is -0.0452. The highest BCUT2D eigenvalue weighted by Crippen LogP contribution is 2.25. The molecular weight excluding hydrogens is 206 g/mol. The van der Waals surface area contributed by atoms with Gasteiger partial charge in [-0.1, -0.05) is 12.2 Å². The van der Waals surface area contributed by atoms with Crippen LogP contribution in [-0.4, -0.2) is 51.8 Å². The molecule has 3 rings (SSSR count). The average molecular weight is 219 g/mol. The third kappa shape index (κ3) is 1.32. The molecule has 0 aromatic carbocycles. The van der Waals surface area contributed by atoms with Crippen LogP contribution < -0.4 is 0 Å². The smallest absolute Gasteiger partial charge is 0.344 e. The maximum atomic E-state index is 11.5. The van der Waals surface area contributed by atoms with Crippen molar-refractivity contribution in [3.8, 4) is 0 Å². The van der Waals surface area contributed by atoms with Crippen molar-refractivity contribution >= 4 is 6.03 Å². The molecule has 16 heavy (non-hydrogen) atoms. The van der Waals surface area contributed by atoms with Crippen molar-refractivity contribution in [1.29, 1.82) is 0 Å². The van der Waals surface area contributed by atoms with Crippen molar-refractivity contribution in [2.45, 2.75) is 6.04 Å². The van der Waals surface area contributed by atoms with E-state index in [9.17, 15) is 10.0 Å². The molecule has 5 nitrogen and oxygen atoms in total. The highest BCUT2D eigenvalue weighted by Gasteiger charge is 2.39. The Morgan fingerprint density at radius 1 is 1.38 bits per heavy atom. The van der Waals surface area contributed by atoms with Gasteiger partial charge in [-0.3, -0.25) is 5.21 Å². The molecule has 2 amide bonds. The number of hydrogen-bond donors (Lipinski definition) is 1. The van der Waals surface area contributed by atoms with Gasteiger partial charge in [-0.25, -0.2) is 4.79 Å². The number of nitrogens with zero attached hydrogens (tertiary/aromatic N) is 3. The van der Waals surface area contributed by atoms with Crippen LogP contribution in [0.5, 0.6) is 0 Å². The molecule has 1 saturated heterocycles. The number of allylic oxidation sites excluding steroid dienone is 2. The minimum atomic E-state index is -0.298. The van der Waals surface area contributed by atoms with E-state index in [1.165, 1.54) is 0 Å². The fourth-order valence-electron chi connectivity index (χ4n) is 2.26. The third-order valence-electron chi connectivity index (χ3n) is 3.11. The number of hydroxylamine groups is 2. The van der Waals surface area contributed by atoms with E-state index in [-0.39, 0.29) is 12.1 Å². The van der Waals surface area contributed by atoms with E-state index in [1.54, 1.807) is 4.90 Å². The molecule has 0 radical (unpaired) electrons. The Balaban J connectivity index is 1.84. The first-order valence-electron chi connectivity index (χ1n) is 5.33. The number of urea groups is 1. The number of carbonyl (C=O) groups excluding carboxylic acids is 1. The second kappa shape index (κ2) is 3.38. The van der Waals surface area contributed by atoms with Gasteiger partial charge in [-0.15, -0.1) is 0 Å². The van der Waals surface area contributed by atoms with Crippen LogP contribution in [0.1, 0.15) is 0 Å². The van der Waals surface area contributed by atoms with Gasteiger partial charge in [-0.2, -0.15) is 5.06 Å². The maximum absolute atomic E-state index is 11.5. The Hall–Kier alpha value is -1.75. The summed E-state index contributed by atoms with van der Waals surface area (Å²) in [6.45, 7) is 1.99. The predicted octanol–water partition coefficient (Wildman–Crippen LogP) is 0.765. The first-order valence-corrected chi connectivity index (χ1v) is 5.33. The monoisotopic (exact) mass is 219 g/mol. The number of carbonyl (C=O) groups is 1. The average Bonchev–Trinajstić information content (AvgIpc) is 2.54. The molecule has 3 aliphatic heterocycles. The molecule has 84 valence electrons. The first-order chi connectivity index (χ1) is 7.75. The first kappa shape index (κ1) is 9.47. The summed E-state index contributed by atoms with van der Waals surface area (Å²) >= 11 is 0. The lowest BCUT2D eigenvalue weighted by atomic mass is 10.1. The van der Waals surface area contributed by atoms with Crippen LogP contribution in [0.15, 0.2) is 36.2 Å². The van der Waals surface area contributed by atoms with E-state index >= 15 is 0 Å². The molecular formula is C11H13N3O2. The fraction of sp³-hybridized carbons (Fsp3) is 0.364. The zero-order valence-corrected chi connectivity index (χ0v) is 8.78. The van der Waals surface area contributed by atoms with Gasteiger partial charge in [0.1, 0.15) is 0 Å². The molecule has 1 fully saturated rings. The normalized spacial score (nSPS) is 27.8. The third-order valence-corrected chi connectivity index (χ3v) is 3.11. The van der Waals surface area contributed by atoms with E-state index in [2.05, 4.69) is 11.0 Å². The van der Waals surface area contributed by atoms with Crippen molar-refractivity contribution in [2.75, 3.05) is 19.6 Å². The Morgan fingerprint density at radius 2 is 2.25 bits per heavy atom. The fourth-order valence-corrected chi connectivity index (χ4v) is 2.26. The van der Waals surface area contributed by atoms with Crippen LogP contribution in [0.3, 0.4) is 0 Å². The van der Waals surface area contributed by atoms with Crippen molar-refractivity contribution < 1.29 is 10.0 Å². The van der Waals surface area contributed by atoms with Gasteiger partial charge in [0.2, 0.25) is 0 Å². The summed E-state index contributed by atoms with van der Waals surface area (Å²) in [5.41, 5.74) is 1.07. The molecule has 3 aliphatic rings. The number of hydrogen-bond acceptors (Lipinski definition) is 3. The van der Waals surface area contributed by atoms with Crippen molar-refractivity contribution in [1.82, 2.24) is 14.9 Å². The Bertz CT molecular complexity index is 413. The molecule has 0 aromatic rings. The zero-order chi connectivity index (χ0) is 11.1. The molecule has 0 aliphatic carbocycles. The largest absolute Gasteiger partial charge is 0.346 e. The standard InChI is InChI=1S/C11H13N3O2/c15-11-13-7-9(6-10(8-13)14(11)16)12-4-2-1-3-5-12/h1-4,6,10,16H,5,7-8H2. The van der Waals surface area contributed by atoms with Crippen LogP contribution in [-0.2, 0) is 0 Å². The Kier molecular flexibility index (Phi) is 2.00. The van der Waals surface area contributed by atoms with Gasteiger partial charge in [0.05, 0.1) is 12.6 Å². The van der Waals surface area contributed by atoms with Gasteiger partial charge >= 0.3 is 6.03 Å². The maximum Gasteiger partial charge on any atom is 0.344 e. The summed E-state index contributed by atoms with van der Waals surface area (Å²) in [6, 6.07) is -0.497. The van der Waals surface area contributed by atoms with Crippen molar-refractivity contribution in [2.24, 2.45) is 0 Å². The summed E-state index contributed by atoms with van der Waals surface area (Å²) in [6.07, 6.45) is 9.98. The quantitative estimate of drug-likeness (QED) is 0.662. The van der Waals surface area contributed by atoms with E-state index < -0.39 is 0 Å². The highest BCUT2D eigenvalue weighted by atomic mass is 16.5. The molecule has 1 atom stereocenters. The predicted molar refractivity (Wildman–Crippen MR) is 57.5 cm³/mol. The molecule has 1 unspecified atom stereocenters. The van der Waals surface area contributed by atoms with Crippen LogP contribution in [0.25, 0.3) is 0 Å². The van der Waals surface area contributed by atoms with Crippen molar-refractivity contribution in [3.63, 3.8) is 0 Å². The molecule has 5 heteroatoms. The Morgan fingerprint density at radius 3 is 2.94 bits per heavy atom. The van der Waals surface area contributed by atoms with Gasteiger partial charge in [0.25, 0.3) is 0 Å². The molecule has 0 spiro atoms. The van der Waals surface area contributed by atoms with E-state index in [0.717, 1.165) is 17.3 Å². The molecule has 0 aromatic heterocycles. The minimum absolute atomic E-state index is 0.199. The number of rotatable bonds is 1. The summed E-state index contributed by atoms with van der Waals surface area (Å²) < 4.78 is 0. The number of amides is 2. The van der Waals surface area contributed by atoms with Gasteiger partial charge in [0, 0.05) is 25.0 Å². The van der Waals surface area contributed by atoms with E-state index in [4.69, 9.17) is 0 Å². The zero-order valence-electron chi connectivity index (χ0n) is 8.78. The van der Waals surface area contributed by atoms with Gasteiger partial charge in [-0.05, 0) is 12.2 Å². The van der Waals surface area contributed by atoms with Gasteiger partial charge in [0.15, 0.2) is 0 Å². The van der Waals surface area contributed by atoms with Crippen LogP contribution >= 0.6 is 0 Å². The number of fused-ring (bicyclic) bond motifs is 2. The van der Waals surface area contributed by atoms with E-state index in [1.807, 2.05) is 24.4 Å². The summed E-state index contributed by atoms with van der Waals surface area (Å²) in [5.74, 6) is 0. The lowest BCUT2D eigenvalue weighted by Gasteiger charge is -2.29. The summed E-state index contributed by atoms with van der Waals surface area (Å²) in [7, 11) is 0. The van der Waals surface area contributed by atoms with Gasteiger partial charge < -0.3 is 9.80 Å². The van der Waals surface area contributed by atoms with Crippen LogP contribution in [0.4, 0.5) is 4.79 Å². The topological polar surface area (TPSA) is 47.0 Å². The van der Waals surface area contributed by atoms with Crippen LogP contribution in [0.2, 0.25) is 0 Å². The minimum Gasteiger partial charge on any atom is -0.346 e. The highest BCUT2D eigenvalue weighted by molar-refractivity contribution is 5.77. The van der Waals surface area contributed by atoms with E-state index in [0.29, 0.717) is 13.1 Å². The molecule has 3 heterocycles. The molecule has 0 saturated carbocycles. The second-order valence-electron chi connectivity index (χ2n) is 4.16. The summed E-state index contributed by atoms with van der Waals surface area (Å²) in [4.78, 5) is 15.3. The lowest BCUT2D eigenvalue weighted by Crippen LogP contribution is -2.35. The summed E-state index contributed by atoms with van der Waals surface area (Å²) in [5, 5.41) is 10.3. The van der Waals surface area contributed by atoms with Crippen molar-refractivity contribution in [3.05, 3.63) is 36.2 Å². The molecule has 1 N–H and O–H groups in total. The van der Waals surface area contributed by atoms with Crippen LogP contribution in [0, 0.1) is 0 Å². The molecule has 2 bridgehead atoms.